The van der Waals surface area contributed by atoms with E-state index in [0.29, 0.717) is 5.82 Å². The molecular formula is C23H17Cl2N5O2. The Bertz CT molecular complexity index is 1420. The molecule has 0 radical (unpaired) electrons. The van der Waals surface area contributed by atoms with Crippen molar-refractivity contribution in [2.24, 2.45) is 0 Å². The number of para-hydroxylation sites is 1. The first-order chi connectivity index (χ1) is 15.3. The van der Waals surface area contributed by atoms with Crippen molar-refractivity contribution in [3.05, 3.63) is 74.9 Å². The maximum Gasteiger partial charge on any atom is 0.262 e. The number of benzene rings is 2. The first kappa shape index (κ1) is 21.6. The molecule has 7 nitrogen and oxygen atoms in total. The van der Waals surface area contributed by atoms with Crippen molar-refractivity contribution in [3.8, 4) is 17.6 Å². The summed E-state index contributed by atoms with van der Waals surface area (Å²) in [5, 5.41) is 18.0. The number of hydrogen-bond donors (Lipinski definition) is 1. The predicted octanol–water partition coefficient (Wildman–Crippen LogP) is 5.48. The van der Waals surface area contributed by atoms with Gasteiger partial charge in [-0.05, 0) is 43.2 Å². The monoisotopic (exact) mass is 465 g/mol. The van der Waals surface area contributed by atoms with Gasteiger partial charge in [-0.15, -0.1) is 0 Å². The van der Waals surface area contributed by atoms with Crippen LogP contribution in [0.2, 0.25) is 10.0 Å². The van der Waals surface area contributed by atoms with Crippen molar-refractivity contribution in [2.45, 2.75) is 13.8 Å². The van der Waals surface area contributed by atoms with Gasteiger partial charge in [0.15, 0.2) is 17.4 Å². The number of methoxy groups -OCH3 is 1. The van der Waals surface area contributed by atoms with E-state index in [1.54, 1.807) is 0 Å². The van der Waals surface area contributed by atoms with Crippen molar-refractivity contribution in [1.82, 2.24) is 14.8 Å². The molecule has 9 heteroatoms. The highest BCUT2D eigenvalue weighted by molar-refractivity contribution is 6.37. The zero-order chi connectivity index (χ0) is 23.0. The van der Waals surface area contributed by atoms with Crippen molar-refractivity contribution in [2.75, 3.05) is 12.4 Å². The summed E-state index contributed by atoms with van der Waals surface area (Å²) in [5.41, 5.74) is 3.02. The molecule has 1 N–H and O–H groups in total. The van der Waals surface area contributed by atoms with Crippen LogP contribution in [0.15, 0.2) is 42.6 Å². The number of ether oxygens (including phenoxy) is 1. The highest BCUT2D eigenvalue weighted by Gasteiger charge is 2.23. The van der Waals surface area contributed by atoms with Crippen LogP contribution in [-0.2, 0) is 0 Å². The zero-order valence-corrected chi connectivity index (χ0v) is 18.9. The molecule has 0 fully saturated rings. The number of amides is 1. The summed E-state index contributed by atoms with van der Waals surface area (Å²) in [4.78, 5) is 17.9. The third-order valence-electron chi connectivity index (χ3n) is 5.06. The van der Waals surface area contributed by atoms with Gasteiger partial charge in [-0.3, -0.25) is 4.79 Å². The Balaban J connectivity index is 1.84. The Hall–Kier alpha value is -3.60. The van der Waals surface area contributed by atoms with Crippen LogP contribution in [-0.4, -0.2) is 27.8 Å². The number of fused-ring (bicyclic) bond motifs is 1. The van der Waals surface area contributed by atoms with Gasteiger partial charge in [0, 0.05) is 5.39 Å². The molecule has 4 aromatic rings. The van der Waals surface area contributed by atoms with Gasteiger partial charge in [0.2, 0.25) is 0 Å². The lowest BCUT2D eigenvalue weighted by Crippen LogP contribution is -2.18. The number of aryl methyl sites for hydroxylation is 2. The van der Waals surface area contributed by atoms with Crippen LogP contribution in [0.4, 0.5) is 5.82 Å². The molecule has 160 valence electrons. The van der Waals surface area contributed by atoms with Gasteiger partial charge in [0.05, 0.1) is 28.9 Å². The molecule has 0 aliphatic heterocycles. The van der Waals surface area contributed by atoms with Crippen LogP contribution < -0.4 is 10.1 Å². The summed E-state index contributed by atoms with van der Waals surface area (Å²) in [6.45, 7) is 3.94. The van der Waals surface area contributed by atoms with Crippen LogP contribution in [0.3, 0.4) is 0 Å². The Morgan fingerprint density at radius 2 is 1.91 bits per heavy atom. The minimum absolute atomic E-state index is 0.0526. The number of anilines is 1. The minimum Gasteiger partial charge on any atom is -0.494 e. The number of aromatic nitrogens is 3. The average Bonchev–Trinajstić information content (AvgIpc) is 3.18. The van der Waals surface area contributed by atoms with Crippen LogP contribution in [0.25, 0.3) is 16.7 Å². The summed E-state index contributed by atoms with van der Waals surface area (Å²) < 4.78 is 6.69. The normalized spacial score (nSPS) is 10.8. The van der Waals surface area contributed by atoms with Gasteiger partial charge in [-0.1, -0.05) is 41.4 Å². The smallest absolute Gasteiger partial charge is 0.262 e. The molecular weight excluding hydrogens is 449 g/mol. The fourth-order valence-corrected chi connectivity index (χ4v) is 3.96. The number of nitrogens with zero attached hydrogens (tertiary/aromatic N) is 4. The molecule has 0 saturated heterocycles. The van der Waals surface area contributed by atoms with Gasteiger partial charge in [-0.25, -0.2) is 4.98 Å². The molecule has 0 bridgehead atoms. The maximum atomic E-state index is 13.1. The molecule has 2 aromatic heterocycles. The van der Waals surface area contributed by atoms with Crippen LogP contribution in [0, 0.1) is 25.2 Å². The van der Waals surface area contributed by atoms with E-state index in [4.69, 9.17) is 32.9 Å². The number of carbonyl (C=O) groups is 1. The van der Waals surface area contributed by atoms with E-state index in [1.165, 1.54) is 30.1 Å². The lowest BCUT2D eigenvalue weighted by molar-refractivity contribution is 0.102. The van der Waals surface area contributed by atoms with E-state index >= 15 is 0 Å². The van der Waals surface area contributed by atoms with Gasteiger partial charge in [0.1, 0.15) is 17.2 Å². The fourth-order valence-electron chi connectivity index (χ4n) is 3.49. The third kappa shape index (κ3) is 3.64. The second-order valence-electron chi connectivity index (χ2n) is 7.09. The van der Waals surface area contributed by atoms with E-state index < -0.39 is 5.91 Å². The molecule has 0 aliphatic rings. The van der Waals surface area contributed by atoms with Gasteiger partial charge >= 0.3 is 0 Å². The fraction of sp³-hybridized carbons (Fsp3) is 0.130. The molecule has 0 spiro atoms. The standard InChI is InChI=1S/C23H17Cl2N5O2/c1-12-5-4-6-15-13(2)9-18(28-20(12)15)30-22(14(10-26)11-27-30)29-23(31)19-16(24)7-8-17(25)21(19)32-3/h4-9,11H,1-3H3,(H,29,31). The van der Waals surface area contributed by atoms with Crippen molar-refractivity contribution >= 4 is 45.8 Å². The van der Waals surface area contributed by atoms with Gasteiger partial charge in [-0.2, -0.15) is 15.0 Å². The number of pyridine rings is 1. The first-order valence-corrected chi connectivity index (χ1v) is 10.3. The number of halogens is 2. The second-order valence-corrected chi connectivity index (χ2v) is 7.90. The zero-order valence-electron chi connectivity index (χ0n) is 17.4. The molecule has 2 heterocycles. The van der Waals surface area contributed by atoms with Gasteiger partial charge < -0.3 is 10.1 Å². The highest BCUT2D eigenvalue weighted by Crippen LogP contribution is 2.35. The quantitative estimate of drug-likeness (QED) is 0.430. The number of nitriles is 1. The molecule has 0 saturated carbocycles. The highest BCUT2D eigenvalue weighted by atomic mass is 35.5. The van der Waals surface area contributed by atoms with Crippen LogP contribution >= 0.6 is 23.2 Å². The summed E-state index contributed by atoms with van der Waals surface area (Å²) in [6.07, 6.45) is 1.37. The maximum absolute atomic E-state index is 13.1. The van der Waals surface area contributed by atoms with E-state index in [0.717, 1.165) is 22.0 Å². The Kier molecular flexibility index (Phi) is 5.74. The Morgan fingerprint density at radius 3 is 2.62 bits per heavy atom. The molecule has 0 aliphatic carbocycles. The molecule has 4 rings (SSSR count). The average molecular weight is 466 g/mol. The van der Waals surface area contributed by atoms with Crippen molar-refractivity contribution < 1.29 is 9.53 Å². The van der Waals surface area contributed by atoms with Crippen molar-refractivity contribution in [1.29, 1.82) is 5.26 Å². The second kappa shape index (κ2) is 8.50. The van der Waals surface area contributed by atoms with E-state index in [2.05, 4.69) is 10.4 Å². The van der Waals surface area contributed by atoms with Gasteiger partial charge in [0.25, 0.3) is 5.91 Å². The minimum atomic E-state index is -0.596. The number of hydrogen-bond acceptors (Lipinski definition) is 5. The Morgan fingerprint density at radius 1 is 1.16 bits per heavy atom. The molecule has 32 heavy (non-hydrogen) atoms. The largest absolute Gasteiger partial charge is 0.494 e. The Labute approximate surface area is 194 Å². The number of rotatable bonds is 4. The lowest BCUT2D eigenvalue weighted by Gasteiger charge is -2.14. The third-order valence-corrected chi connectivity index (χ3v) is 5.68. The molecule has 1 amide bonds. The summed E-state index contributed by atoms with van der Waals surface area (Å²) >= 11 is 12.4. The topological polar surface area (TPSA) is 92.8 Å². The SMILES string of the molecule is COc1c(Cl)ccc(Cl)c1C(=O)Nc1c(C#N)cnn1-c1cc(C)c2cccc(C)c2n1. The molecule has 0 unspecified atom stereocenters. The number of nitrogens with one attached hydrogen (secondary N) is 1. The van der Waals surface area contributed by atoms with E-state index in [1.807, 2.05) is 44.2 Å². The first-order valence-electron chi connectivity index (χ1n) is 9.54. The summed E-state index contributed by atoms with van der Waals surface area (Å²) in [5.74, 6) is 0.165. The van der Waals surface area contributed by atoms with E-state index in [-0.39, 0.29) is 32.7 Å². The predicted molar refractivity (Wildman–Crippen MR) is 124 cm³/mol. The van der Waals surface area contributed by atoms with Crippen LogP contribution in [0.1, 0.15) is 27.0 Å². The van der Waals surface area contributed by atoms with Crippen molar-refractivity contribution in [3.63, 3.8) is 0 Å². The van der Waals surface area contributed by atoms with E-state index in [9.17, 15) is 10.1 Å². The van der Waals surface area contributed by atoms with Crippen LogP contribution in [0.5, 0.6) is 5.75 Å². The summed E-state index contributed by atoms with van der Waals surface area (Å²) in [6, 6.07) is 12.9. The molecule has 2 aromatic carbocycles. The summed E-state index contributed by atoms with van der Waals surface area (Å²) in [7, 11) is 1.39. The lowest BCUT2D eigenvalue weighted by atomic mass is 10.1. The number of carbonyl (C=O) groups excluding carboxylic acids is 1. The molecule has 0 atom stereocenters.